The molecule has 0 aliphatic carbocycles. The molecule has 1 heterocycles. The molecule has 1 amide bonds. The van der Waals surface area contributed by atoms with Gasteiger partial charge in [-0.2, -0.15) is 0 Å². The quantitative estimate of drug-likeness (QED) is 0.819. The van der Waals surface area contributed by atoms with Gasteiger partial charge in [0.25, 0.3) is 0 Å². The molecule has 1 saturated heterocycles. The highest BCUT2D eigenvalue weighted by molar-refractivity contribution is 6.32. The fourth-order valence-electron chi connectivity index (χ4n) is 2.38. The van der Waals surface area contributed by atoms with Crippen LogP contribution in [0.15, 0.2) is 30.9 Å². The molecule has 2 N–H and O–H groups in total. The predicted octanol–water partition coefficient (Wildman–Crippen LogP) is 2.21. The average Bonchev–Trinajstić information content (AvgIpc) is 2.86. The highest BCUT2D eigenvalue weighted by Gasteiger charge is 2.26. The Balaban J connectivity index is 1.95. The lowest BCUT2D eigenvalue weighted by Gasteiger charge is -2.16. The Bertz CT molecular complexity index is 505. The molecular weight excluding hydrogens is 276 g/mol. The van der Waals surface area contributed by atoms with Crippen LogP contribution in [-0.2, 0) is 11.3 Å². The van der Waals surface area contributed by atoms with Crippen LogP contribution in [0.4, 0.5) is 0 Å². The number of carbonyl (C=O) groups is 1. The monoisotopic (exact) mass is 294 g/mol. The third-order valence-electron chi connectivity index (χ3n) is 3.43. The first kappa shape index (κ1) is 14.9. The molecule has 1 aliphatic rings. The maximum atomic E-state index is 11.1. The number of amides is 1. The normalized spacial score (nSPS) is 18.9. The summed E-state index contributed by atoms with van der Waals surface area (Å²) in [4.78, 5) is 13.4. The van der Waals surface area contributed by atoms with Gasteiger partial charge >= 0.3 is 0 Å². The van der Waals surface area contributed by atoms with Crippen molar-refractivity contribution >= 4 is 17.5 Å². The number of ether oxygens (including phenoxy) is 1. The molecule has 0 saturated carbocycles. The van der Waals surface area contributed by atoms with Crippen molar-refractivity contribution in [1.82, 2.24) is 4.90 Å². The zero-order valence-corrected chi connectivity index (χ0v) is 12.1. The second kappa shape index (κ2) is 6.77. The fourth-order valence-corrected chi connectivity index (χ4v) is 2.63. The molecule has 0 bridgehead atoms. The van der Waals surface area contributed by atoms with Gasteiger partial charge < -0.3 is 10.5 Å². The molecule has 5 heteroatoms. The second-order valence-corrected chi connectivity index (χ2v) is 5.39. The lowest BCUT2D eigenvalue weighted by atomic mass is 10.1. The summed E-state index contributed by atoms with van der Waals surface area (Å²) in [5.41, 5.74) is 6.44. The van der Waals surface area contributed by atoms with E-state index >= 15 is 0 Å². The van der Waals surface area contributed by atoms with E-state index in [2.05, 4.69) is 11.5 Å². The first-order chi connectivity index (χ1) is 9.60. The highest BCUT2D eigenvalue weighted by atomic mass is 35.5. The molecule has 1 aromatic rings. The molecule has 0 unspecified atom stereocenters. The summed E-state index contributed by atoms with van der Waals surface area (Å²) in [6, 6.07) is 5.75. The number of rotatable bonds is 6. The molecule has 1 fully saturated rings. The molecule has 0 spiro atoms. The van der Waals surface area contributed by atoms with E-state index < -0.39 is 0 Å². The Morgan fingerprint density at radius 1 is 1.60 bits per heavy atom. The number of hydrogen-bond donors (Lipinski definition) is 1. The van der Waals surface area contributed by atoms with E-state index in [9.17, 15) is 4.79 Å². The Hall–Kier alpha value is -1.52. The van der Waals surface area contributed by atoms with Gasteiger partial charge in [0.15, 0.2) is 0 Å². The minimum Gasteiger partial charge on any atom is -0.488 e. The molecule has 0 radical (unpaired) electrons. The fraction of sp³-hybridized carbons (Fsp3) is 0.400. The van der Waals surface area contributed by atoms with Crippen molar-refractivity contribution in [3.05, 3.63) is 41.4 Å². The summed E-state index contributed by atoms with van der Waals surface area (Å²) < 4.78 is 5.43. The van der Waals surface area contributed by atoms with Crippen molar-refractivity contribution < 1.29 is 9.53 Å². The Morgan fingerprint density at radius 2 is 2.40 bits per heavy atom. The number of halogens is 1. The summed E-state index contributed by atoms with van der Waals surface area (Å²) in [5.74, 6) is 0.422. The summed E-state index contributed by atoms with van der Waals surface area (Å²) in [5, 5.41) is 0.593. The molecule has 1 aromatic carbocycles. The van der Waals surface area contributed by atoms with Crippen molar-refractivity contribution in [2.24, 2.45) is 11.7 Å². The highest BCUT2D eigenvalue weighted by Crippen LogP contribution is 2.27. The zero-order chi connectivity index (χ0) is 14.5. The summed E-state index contributed by atoms with van der Waals surface area (Å²) in [6.07, 6.45) is 2.52. The number of hydrogen-bond acceptors (Lipinski definition) is 3. The van der Waals surface area contributed by atoms with Crippen LogP contribution >= 0.6 is 11.6 Å². The van der Waals surface area contributed by atoms with Crippen LogP contribution in [0, 0.1) is 5.92 Å². The molecule has 0 aromatic heterocycles. The van der Waals surface area contributed by atoms with Gasteiger partial charge in [-0.3, -0.25) is 9.69 Å². The van der Waals surface area contributed by atoms with Crippen LogP contribution in [0.25, 0.3) is 0 Å². The number of carbonyl (C=O) groups excluding carboxylic acids is 1. The van der Waals surface area contributed by atoms with Crippen LogP contribution in [0.3, 0.4) is 0 Å². The van der Waals surface area contributed by atoms with Gasteiger partial charge in [-0.1, -0.05) is 30.3 Å². The van der Waals surface area contributed by atoms with Gasteiger partial charge in [0, 0.05) is 13.1 Å². The lowest BCUT2D eigenvalue weighted by molar-refractivity contribution is -0.121. The topological polar surface area (TPSA) is 55.6 Å². The minimum absolute atomic E-state index is 0.0272. The molecule has 1 atom stereocenters. The van der Waals surface area contributed by atoms with E-state index in [0.717, 1.165) is 31.6 Å². The molecule has 2 rings (SSSR count). The number of benzene rings is 1. The van der Waals surface area contributed by atoms with E-state index in [4.69, 9.17) is 22.1 Å². The van der Waals surface area contributed by atoms with E-state index in [0.29, 0.717) is 17.4 Å². The SMILES string of the molecule is C=CCOc1ccc(CN2CC[C@@H](C(N)=O)C2)cc1Cl. The Labute approximate surface area is 124 Å². The third kappa shape index (κ3) is 3.74. The first-order valence-corrected chi connectivity index (χ1v) is 7.01. The molecular formula is C15H19ClN2O2. The van der Waals surface area contributed by atoms with E-state index in [1.165, 1.54) is 0 Å². The van der Waals surface area contributed by atoms with Crippen molar-refractivity contribution in [1.29, 1.82) is 0 Å². The van der Waals surface area contributed by atoms with Crippen LogP contribution in [0.2, 0.25) is 5.02 Å². The lowest BCUT2D eigenvalue weighted by Crippen LogP contribution is -2.27. The van der Waals surface area contributed by atoms with E-state index in [-0.39, 0.29) is 11.8 Å². The molecule has 20 heavy (non-hydrogen) atoms. The standard InChI is InChI=1S/C15H19ClN2O2/c1-2-7-20-14-4-3-11(8-13(14)16)9-18-6-5-12(10-18)15(17)19/h2-4,8,12H,1,5-7,9-10H2,(H2,17,19)/t12-/m1/s1. The van der Waals surface area contributed by atoms with Gasteiger partial charge in [0.05, 0.1) is 10.9 Å². The first-order valence-electron chi connectivity index (χ1n) is 6.64. The third-order valence-corrected chi connectivity index (χ3v) is 3.73. The second-order valence-electron chi connectivity index (χ2n) is 4.99. The van der Waals surface area contributed by atoms with Gasteiger partial charge in [0.1, 0.15) is 12.4 Å². The van der Waals surface area contributed by atoms with Crippen molar-refractivity contribution in [3.63, 3.8) is 0 Å². The summed E-state index contributed by atoms with van der Waals surface area (Å²) >= 11 is 6.18. The van der Waals surface area contributed by atoms with Crippen LogP contribution in [-0.4, -0.2) is 30.5 Å². The van der Waals surface area contributed by atoms with E-state index in [1.807, 2.05) is 18.2 Å². The van der Waals surface area contributed by atoms with Crippen molar-refractivity contribution in [2.45, 2.75) is 13.0 Å². The minimum atomic E-state index is -0.210. The Morgan fingerprint density at radius 3 is 3.00 bits per heavy atom. The largest absolute Gasteiger partial charge is 0.488 e. The number of primary amides is 1. The van der Waals surface area contributed by atoms with Crippen LogP contribution in [0.5, 0.6) is 5.75 Å². The Kier molecular flexibility index (Phi) is 5.04. The smallest absolute Gasteiger partial charge is 0.221 e. The van der Waals surface area contributed by atoms with Gasteiger partial charge in [-0.25, -0.2) is 0 Å². The number of nitrogens with zero attached hydrogens (tertiary/aromatic N) is 1. The summed E-state index contributed by atoms with van der Waals surface area (Å²) in [7, 11) is 0. The van der Waals surface area contributed by atoms with E-state index in [1.54, 1.807) is 6.08 Å². The van der Waals surface area contributed by atoms with Crippen LogP contribution in [0.1, 0.15) is 12.0 Å². The molecule has 1 aliphatic heterocycles. The number of likely N-dealkylation sites (tertiary alicyclic amines) is 1. The zero-order valence-electron chi connectivity index (χ0n) is 11.3. The maximum Gasteiger partial charge on any atom is 0.221 e. The maximum absolute atomic E-state index is 11.1. The van der Waals surface area contributed by atoms with Gasteiger partial charge in [0.2, 0.25) is 5.91 Å². The molecule has 108 valence electrons. The van der Waals surface area contributed by atoms with Crippen molar-refractivity contribution in [3.8, 4) is 5.75 Å². The van der Waals surface area contributed by atoms with Gasteiger partial charge in [-0.15, -0.1) is 0 Å². The summed E-state index contributed by atoms with van der Waals surface area (Å²) in [6.45, 7) is 6.42. The number of nitrogens with two attached hydrogens (primary N) is 1. The van der Waals surface area contributed by atoms with Crippen LogP contribution < -0.4 is 10.5 Å². The van der Waals surface area contributed by atoms with Gasteiger partial charge in [-0.05, 0) is 30.7 Å². The predicted molar refractivity (Wildman–Crippen MR) is 79.7 cm³/mol. The molecule has 4 nitrogen and oxygen atoms in total. The average molecular weight is 295 g/mol. The van der Waals surface area contributed by atoms with Crippen molar-refractivity contribution in [2.75, 3.05) is 19.7 Å².